The van der Waals surface area contributed by atoms with E-state index < -0.39 is 0 Å². The quantitative estimate of drug-likeness (QED) is 0.745. The van der Waals surface area contributed by atoms with Crippen molar-refractivity contribution in [2.45, 2.75) is 30.3 Å². The monoisotopic (exact) mass is 319 g/mol. The number of rotatable bonds is 7. The van der Waals surface area contributed by atoms with Crippen LogP contribution in [0, 0.1) is 5.82 Å². The molecule has 2 nitrogen and oxygen atoms in total. The van der Waals surface area contributed by atoms with E-state index in [4.69, 9.17) is 0 Å². The van der Waals surface area contributed by atoms with Gasteiger partial charge < -0.3 is 10.4 Å². The number of aliphatic hydroxyl groups excluding tert-OH is 1. The third kappa shape index (κ3) is 4.32. The minimum Gasteiger partial charge on any atom is -0.396 e. The maximum absolute atomic E-state index is 13.9. The van der Waals surface area contributed by atoms with E-state index in [2.05, 4.69) is 5.32 Å². The lowest BCUT2D eigenvalue weighted by molar-refractivity contribution is 0.260. The van der Waals surface area contributed by atoms with Gasteiger partial charge in [-0.3, -0.25) is 0 Å². The van der Waals surface area contributed by atoms with Crippen molar-refractivity contribution in [3.63, 3.8) is 0 Å². The third-order valence-electron chi connectivity index (χ3n) is 3.75. The molecule has 2 N–H and O–H groups in total. The summed E-state index contributed by atoms with van der Waals surface area (Å²) in [6, 6.07) is 15.4. The normalized spacial score (nSPS) is 13.8. The van der Waals surface area contributed by atoms with Crippen LogP contribution in [0.3, 0.4) is 0 Å². The van der Waals surface area contributed by atoms with Crippen molar-refractivity contribution in [1.29, 1.82) is 0 Å². The molecule has 0 radical (unpaired) electrons. The molecule has 0 heterocycles. The van der Waals surface area contributed by atoms with Crippen LogP contribution in [0.5, 0.6) is 0 Å². The molecule has 0 aliphatic carbocycles. The molecule has 2 rings (SSSR count). The molecule has 0 amide bonds. The summed E-state index contributed by atoms with van der Waals surface area (Å²) in [4.78, 5) is 0.658. The van der Waals surface area contributed by atoms with E-state index in [9.17, 15) is 9.50 Å². The van der Waals surface area contributed by atoms with Crippen LogP contribution < -0.4 is 5.32 Å². The zero-order chi connectivity index (χ0) is 15.9. The highest BCUT2D eigenvalue weighted by Crippen LogP contribution is 2.26. The minimum absolute atomic E-state index is 0.00200. The Morgan fingerprint density at radius 2 is 1.86 bits per heavy atom. The van der Waals surface area contributed by atoms with Gasteiger partial charge in [-0.2, -0.15) is 0 Å². The predicted octanol–water partition coefficient (Wildman–Crippen LogP) is 4.32. The van der Waals surface area contributed by atoms with E-state index in [0.717, 1.165) is 11.1 Å². The number of halogens is 1. The molecule has 1 unspecified atom stereocenters. The van der Waals surface area contributed by atoms with Gasteiger partial charge in [-0.25, -0.2) is 4.39 Å². The van der Waals surface area contributed by atoms with E-state index in [0.29, 0.717) is 11.3 Å². The Hall–Kier alpha value is -1.36. The van der Waals surface area contributed by atoms with Crippen molar-refractivity contribution in [1.82, 2.24) is 5.32 Å². The molecule has 0 aromatic heterocycles. The van der Waals surface area contributed by atoms with Crippen LogP contribution in [0.1, 0.15) is 36.6 Å². The van der Waals surface area contributed by atoms with Crippen LogP contribution in [-0.4, -0.2) is 18.0 Å². The number of nitrogens with one attached hydrogen (secondary N) is 1. The Morgan fingerprint density at radius 3 is 2.45 bits per heavy atom. The van der Waals surface area contributed by atoms with Gasteiger partial charge in [-0.15, -0.1) is 11.8 Å². The Labute approximate surface area is 135 Å². The Balaban J connectivity index is 2.14. The number of benzene rings is 2. The molecule has 118 valence electrons. The summed E-state index contributed by atoms with van der Waals surface area (Å²) in [5, 5.41) is 12.8. The molecule has 0 saturated heterocycles. The summed E-state index contributed by atoms with van der Waals surface area (Å²) in [6.07, 6.45) is 2.49. The molecule has 0 bridgehead atoms. The molecule has 0 spiro atoms. The van der Waals surface area contributed by atoms with E-state index in [1.54, 1.807) is 6.07 Å². The molecule has 2 atom stereocenters. The summed E-state index contributed by atoms with van der Waals surface area (Å²) in [7, 11) is 0. The van der Waals surface area contributed by atoms with E-state index >= 15 is 0 Å². The van der Waals surface area contributed by atoms with Gasteiger partial charge in [-0.05, 0) is 42.9 Å². The average molecular weight is 319 g/mol. The minimum atomic E-state index is -0.183. The fraction of sp³-hybridized carbons (Fsp3) is 0.333. The fourth-order valence-electron chi connectivity index (χ4n) is 2.51. The van der Waals surface area contributed by atoms with Crippen molar-refractivity contribution in [3.8, 4) is 0 Å². The van der Waals surface area contributed by atoms with E-state index in [1.807, 2.05) is 55.6 Å². The number of hydrogen-bond donors (Lipinski definition) is 2. The van der Waals surface area contributed by atoms with Crippen LogP contribution in [0.2, 0.25) is 0 Å². The van der Waals surface area contributed by atoms with Crippen LogP contribution in [0.25, 0.3) is 0 Å². The van der Waals surface area contributed by atoms with Gasteiger partial charge in [0.2, 0.25) is 0 Å². The standard InChI is InChI=1S/C18H22FNOS/c1-13(15-8-9-18(22-2)16(19)12-15)20-17(10-11-21)14-6-4-3-5-7-14/h3-9,12-13,17,20-21H,10-11H2,1-2H3/t13?,17-/m1/s1. The third-order valence-corrected chi connectivity index (χ3v) is 4.52. The highest BCUT2D eigenvalue weighted by Gasteiger charge is 2.16. The summed E-state index contributed by atoms with van der Waals surface area (Å²) < 4.78 is 13.9. The maximum atomic E-state index is 13.9. The molecule has 0 aliphatic heterocycles. The largest absolute Gasteiger partial charge is 0.396 e. The second kappa shape index (κ2) is 8.32. The van der Waals surface area contributed by atoms with Gasteiger partial charge in [0, 0.05) is 23.6 Å². The first-order valence-corrected chi connectivity index (χ1v) is 8.63. The number of thioether (sulfide) groups is 1. The Morgan fingerprint density at radius 1 is 1.14 bits per heavy atom. The second-order valence-electron chi connectivity index (χ2n) is 5.26. The molecule has 2 aromatic rings. The lowest BCUT2D eigenvalue weighted by atomic mass is 10.0. The number of hydrogen-bond acceptors (Lipinski definition) is 3. The summed E-state index contributed by atoms with van der Waals surface area (Å²) >= 11 is 1.41. The van der Waals surface area contributed by atoms with Crippen molar-refractivity contribution in [2.24, 2.45) is 0 Å². The molecule has 0 fully saturated rings. The highest BCUT2D eigenvalue weighted by molar-refractivity contribution is 7.98. The van der Waals surface area contributed by atoms with Gasteiger partial charge in [0.1, 0.15) is 5.82 Å². The molecule has 0 aliphatic rings. The summed E-state index contributed by atoms with van der Waals surface area (Å²) in [5.41, 5.74) is 2.04. The van der Waals surface area contributed by atoms with Crippen molar-refractivity contribution in [2.75, 3.05) is 12.9 Å². The molecule has 4 heteroatoms. The molecule has 22 heavy (non-hydrogen) atoms. The van der Waals surface area contributed by atoms with Crippen LogP contribution >= 0.6 is 11.8 Å². The SMILES string of the molecule is CSc1ccc(C(C)N[C@H](CCO)c2ccccc2)cc1F. The van der Waals surface area contributed by atoms with E-state index in [1.165, 1.54) is 11.8 Å². The highest BCUT2D eigenvalue weighted by atomic mass is 32.2. The van der Waals surface area contributed by atoms with Gasteiger partial charge in [-0.1, -0.05) is 36.4 Å². The second-order valence-corrected chi connectivity index (χ2v) is 6.11. The lowest BCUT2D eigenvalue weighted by Crippen LogP contribution is -2.25. The predicted molar refractivity (Wildman–Crippen MR) is 90.6 cm³/mol. The van der Waals surface area contributed by atoms with Crippen LogP contribution in [0.15, 0.2) is 53.4 Å². The topological polar surface area (TPSA) is 32.3 Å². The maximum Gasteiger partial charge on any atom is 0.137 e. The van der Waals surface area contributed by atoms with Crippen molar-refractivity contribution >= 4 is 11.8 Å². The first-order valence-electron chi connectivity index (χ1n) is 7.41. The molecular weight excluding hydrogens is 297 g/mol. The summed E-state index contributed by atoms with van der Waals surface area (Å²) in [6.45, 7) is 2.12. The first-order chi connectivity index (χ1) is 10.7. The molecule has 0 saturated carbocycles. The Bertz CT molecular complexity index is 591. The zero-order valence-electron chi connectivity index (χ0n) is 12.9. The smallest absolute Gasteiger partial charge is 0.137 e. The first kappa shape index (κ1) is 17.0. The Kier molecular flexibility index (Phi) is 6.43. The molecular formula is C18H22FNOS. The van der Waals surface area contributed by atoms with Crippen molar-refractivity contribution < 1.29 is 9.50 Å². The van der Waals surface area contributed by atoms with E-state index in [-0.39, 0.29) is 24.5 Å². The van der Waals surface area contributed by atoms with Crippen molar-refractivity contribution in [3.05, 3.63) is 65.5 Å². The van der Waals surface area contributed by atoms with Gasteiger partial charge in [0.15, 0.2) is 0 Å². The molecule has 2 aromatic carbocycles. The zero-order valence-corrected chi connectivity index (χ0v) is 13.7. The van der Waals surface area contributed by atoms with Gasteiger partial charge >= 0.3 is 0 Å². The number of aliphatic hydroxyl groups is 1. The lowest BCUT2D eigenvalue weighted by Gasteiger charge is -2.24. The van der Waals surface area contributed by atoms with Gasteiger partial charge in [0.25, 0.3) is 0 Å². The fourth-order valence-corrected chi connectivity index (χ4v) is 2.97. The summed E-state index contributed by atoms with van der Waals surface area (Å²) in [5.74, 6) is -0.183. The van der Waals surface area contributed by atoms with Crippen LogP contribution in [0.4, 0.5) is 4.39 Å². The van der Waals surface area contributed by atoms with Gasteiger partial charge in [0.05, 0.1) is 0 Å². The average Bonchev–Trinajstić information content (AvgIpc) is 2.55. The van der Waals surface area contributed by atoms with Crippen LogP contribution in [-0.2, 0) is 0 Å².